The Kier molecular flexibility index (Phi) is 8.34. The Morgan fingerprint density at radius 3 is 2.10 bits per heavy atom. The van der Waals surface area contributed by atoms with Gasteiger partial charge in [0, 0.05) is 12.1 Å². The van der Waals surface area contributed by atoms with Crippen LogP contribution in [0.5, 0.6) is 17.2 Å². The number of ketones is 1. The average molecular weight is 550 g/mol. The number of ether oxygens (including phenoxy) is 3. The van der Waals surface area contributed by atoms with Gasteiger partial charge in [0.15, 0.2) is 11.5 Å². The van der Waals surface area contributed by atoms with Crippen LogP contribution in [0.4, 0.5) is 0 Å². The molecule has 208 valence electrons. The smallest absolute Gasteiger partial charge is 0.295 e. The lowest BCUT2D eigenvalue weighted by Gasteiger charge is -2.26. The van der Waals surface area contributed by atoms with Crippen LogP contribution in [-0.4, -0.2) is 35.4 Å². The second-order valence-electron chi connectivity index (χ2n) is 9.55. The molecule has 0 saturated carbocycles. The number of aliphatic hydroxyl groups is 1. The zero-order valence-corrected chi connectivity index (χ0v) is 22.9. The van der Waals surface area contributed by atoms with Crippen LogP contribution >= 0.6 is 0 Å². The Labute approximate surface area is 239 Å². The van der Waals surface area contributed by atoms with Crippen molar-refractivity contribution >= 4 is 17.4 Å². The Morgan fingerprint density at radius 1 is 0.805 bits per heavy atom. The molecule has 1 amide bonds. The van der Waals surface area contributed by atoms with Crippen LogP contribution in [0.15, 0.2) is 109 Å². The van der Waals surface area contributed by atoms with Gasteiger partial charge in [-0.25, -0.2) is 0 Å². The van der Waals surface area contributed by atoms with Gasteiger partial charge < -0.3 is 24.2 Å². The number of nitrogens with zero attached hydrogens (tertiary/aromatic N) is 1. The van der Waals surface area contributed by atoms with Crippen LogP contribution in [0.25, 0.3) is 5.76 Å². The van der Waals surface area contributed by atoms with Crippen molar-refractivity contribution in [2.75, 3.05) is 13.7 Å². The van der Waals surface area contributed by atoms with Crippen molar-refractivity contribution in [3.8, 4) is 17.2 Å². The molecule has 4 aromatic carbocycles. The summed E-state index contributed by atoms with van der Waals surface area (Å²) in [6, 6.07) is 30.4. The number of hydrogen-bond acceptors (Lipinski definition) is 6. The number of likely N-dealkylation sites (tertiary alicyclic amines) is 1. The van der Waals surface area contributed by atoms with Crippen LogP contribution < -0.4 is 14.2 Å². The summed E-state index contributed by atoms with van der Waals surface area (Å²) in [5.41, 5.74) is 2.89. The molecule has 1 fully saturated rings. The first-order chi connectivity index (χ1) is 20.0. The van der Waals surface area contributed by atoms with E-state index in [2.05, 4.69) is 0 Å². The summed E-state index contributed by atoms with van der Waals surface area (Å²) in [6.45, 7) is 2.92. The van der Waals surface area contributed by atoms with E-state index in [9.17, 15) is 14.7 Å². The molecule has 1 atom stereocenters. The summed E-state index contributed by atoms with van der Waals surface area (Å²) in [5.74, 6) is -0.0805. The number of carbonyl (C=O) groups is 2. The quantitative estimate of drug-likeness (QED) is 0.142. The summed E-state index contributed by atoms with van der Waals surface area (Å²) >= 11 is 0. The maximum Gasteiger partial charge on any atom is 0.295 e. The van der Waals surface area contributed by atoms with Gasteiger partial charge in [-0.3, -0.25) is 9.59 Å². The number of rotatable bonds is 10. The molecule has 1 aliphatic rings. The number of Topliss-reactive ketones (excluding diaryl/α,β-unsaturated/α-hetero) is 1. The highest BCUT2D eigenvalue weighted by molar-refractivity contribution is 6.46. The van der Waals surface area contributed by atoms with E-state index in [0.717, 1.165) is 11.1 Å². The largest absolute Gasteiger partial charge is 0.507 e. The number of aliphatic hydroxyl groups excluding tert-OH is 1. The lowest BCUT2D eigenvalue weighted by molar-refractivity contribution is -0.140. The van der Waals surface area contributed by atoms with Gasteiger partial charge in [0.1, 0.15) is 18.1 Å². The van der Waals surface area contributed by atoms with Gasteiger partial charge in [0.05, 0.1) is 25.3 Å². The standard InChI is InChI=1S/C34H31NO6/c1-3-40-27-17-14-25(15-18-27)32(36)30-31(35(34(38)33(30)37)21-23-10-6-4-7-11-23)26-16-19-28(29(20-26)39-2)41-22-24-12-8-5-9-13-24/h4-20,31,36H,3,21-22H2,1-2H3. The van der Waals surface area contributed by atoms with E-state index < -0.39 is 17.7 Å². The first kappa shape index (κ1) is 27.5. The Morgan fingerprint density at radius 2 is 1.46 bits per heavy atom. The van der Waals surface area contributed by atoms with Crippen molar-refractivity contribution in [2.45, 2.75) is 26.1 Å². The molecular weight excluding hydrogens is 518 g/mol. The molecule has 1 unspecified atom stereocenters. The Hall–Kier alpha value is -5.04. The minimum absolute atomic E-state index is 0.00935. The van der Waals surface area contributed by atoms with Crippen molar-refractivity contribution in [3.63, 3.8) is 0 Å². The van der Waals surface area contributed by atoms with Crippen LogP contribution in [0.2, 0.25) is 0 Å². The fraction of sp³-hybridized carbons (Fsp3) is 0.176. The molecule has 1 saturated heterocycles. The average Bonchev–Trinajstić information content (AvgIpc) is 3.26. The highest BCUT2D eigenvalue weighted by Crippen LogP contribution is 2.43. The van der Waals surface area contributed by atoms with Crippen molar-refractivity contribution in [1.82, 2.24) is 4.90 Å². The maximum atomic E-state index is 13.5. The second-order valence-corrected chi connectivity index (χ2v) is 9.55. The van der Waals surface area contributed by atoms with Gasteiger partial charge in [-0.15, -0.1) is 0 Å². The second kappa shape index (κ2) is 12.4. The third-order valence-electron chi connectivity index (χ3n) is 6.92. The highest BCUT2D eigenvalue weighted by Gasteiger charge is 2.46. The molecular formula is C34H31NO6. The van der Waals surface area contributed by atoms with Crippen LogP contribution in [0, 0.1) is 0 Å². The van der Waals surface area contributed by atoms with Gasteiger partial charge in [0.2, 0.25) is 0 Å². The normalized spacial score (nSPS) is 16.0. The summed E-state index contributed by atoms with van der Waals surface area (Å²) < 4.78 is 17.2. The third-order valence-corrected chi connectivity index (χ3v) is 6.92. The molecule has 1 heterocycles. The lowest BCUT2D eigenvalue weighted by atomic mass is 9.94. The van der Waals surface area contributed by atoms with Crippen molar-refractivity contribution < 1.29 is 28.9 Å². The Balaban J connectivity index is 1.56. The fourth-order valence-electron chi connectivity index (χ4n) is 4.91. The predicted octanol–water partition coefficient (Wildman–Crippen LogP) is 6.29. The van der Waals surface area contributed by atoms with Crippen molar-refractivity contribution in [2.24, 2.45) is 0 Å². The number of carbonyl (C=O) groups excluding carboxylic acids is 2. The predicted molar refractivity (Wildman–Crippen MR) is 156 cm³/mol. The van der Waals surface area contributed by atoms with Crippen molar-refractivity contribution in [3.05, 3.63) is 131 Å². The van der Waals surface area contributed by atoms with Gasteiger partial charge in [-0.1, -0.05) is 66.7 Å². The molecule has 1 aliphatic heterocycles. The zero-order valence-electron chi connectivity index (χ0n) is 22.9. The van der Waals surface area contributed by atoms with E-state index in [1.807, 2.05) is 67.6 Å². The molecule has 5 rings (SSSR count). The van der Waals surface area contributed by atoms with Crippen LogP contribution in [-0.2, 0) is 22.7 Å². The SMILES string of the molecule is CCOc1ccc(C(O)=C2C(=O)C(=O)N(Cc3ccccc3)C2c2ccc(OCc3ccccc3)c(OC)c2)cc1. The molecule has 0 radical (unpaired) electrons. The lowest BCUT2D eigenvalue weighted by Crippen LogP contribution is -2.29. The molecule has 7 nitrogen and oxygen atoms in total. The van der Waals surface area contributed by atoms with E-state index in [0.29, 0.717) is 41.6 Å². The van der Waals surface area contributed by atoms with Crippen molar-refractivity contribution in [1.29, 1.82) is 0 Å². The molecule has 41 heavy (non-hydrogen) atoms. The van der Waals surface area contributed by atoms with E-state index in [4.69, 9.17) is 14.2 Å². The van der Waals surface area contributed by atoms with E-state index in [-0.39, 0.29) is 17.9 Å². The first-order valence-corrected chi connectivity index (χ1v) is 13.4. The van der Waals surface area contributed by atoms with Gasteiger partial charge in [-0.2, -0.15) is 0 Å². The summed E-state index contributed by atoms with van der Waals surface area (Å²) in [7, 11) is 1.54. The van der Waals surface area contributed by atoms with Gasteiger partial charge in [-0.05, 0) is 60.0 Å². The number of amides is 1. The number of benzene rings is 4. The summed E-state index contributed by atoms with van der Waals surface area (Å²) in [5, 5.41) is 11.4. The van der Waals surface area contributed by atoms with E-state index in [1.54, 1.807) is 42.5 Å². The summed E-state index contributed by atoms with van der Waals surface area (Å²) in [4.78, 5) is 28.4. The van der Waals surface area contributed by atoms with Crippen LogP contribution in [0.1, 0.15) is 35.2 Å². The Bertz CT molecular complexity index is 1550. The summed E-state index contributed by atoms with van der Waals surface area (Å²) in [6.07, 6.45) is 0. The fourth-order valence-corrected chi connectivity index (χ4v) is 4.91. The molecule has 7 heteroatoms. The molecule has 0 aliphatic carbocycles. The monoisotopic (exact) mass is 549 g/mol. The minimum atomic E-state index is -0.848. The molecule has 0 aromatic heterocycles. The molecule has 1 N–H and O–H groups in total. The molecule has 0 spiro atoms. The first-order valence-electron chi connectivity index (χ1n) is 13.4. The van der Waals surface area contributed by atoms with E-state index >= 15 is 0 Å². The minimum Gasteiger partial charge on any atom is -0.507 e. The zero-order chi connectivity index (χ0) is 28.8. The topological polar surface area (TPSA) is 85.3 Å². The third kappa shape index (κ3) is 5.94. The van der Waals surface area contributed by atoms with Gasteiger partial charge >= 0.3 is 0 Å². The number of methoxy groups -OCH3 is 1. The molecule has 4 aromatic rings. The number of hydrogen-bond donors (Lipinski definition) is 1. The highest BCUT2D eigenvalue weighted by atomic mass is 16.5. The molecule has 0 bridgehead atoms. The van der Waals surface area contributed by atoms with Crippen LogP contribution in [0.3, 0.4) is 0 Å². The van der Waals surface area contributed by atoms with E-state index in [1.165, 1.54) is 12.0 Å². The van der Waals surface area contributed by atoms with Gasteiger partial charge in [0.25, 0.3) is 11.7 Å². The maximum absolute atomic E-state index is 13.5.